The average molecular weight is 573 g/mol. The Balaban J connectivity index is 2.00. The molecule has 168 valence electrons. The van der Waals surface area contributed by atoms with Crippen LogP contribution in [0.25, 0.3) is 0 Å². The Hall–Kier alpha value is -1.19. The van der Waals surface area contributed by atoms with Crippen LogP contribution >= 0.6 is 46.1 Å². The van der Waals surface area contributed by atoms with Crippen molar-refractivity contribution in [3.63, 3.8) is 0 Å². The van der Waals surface area contributed by atoms with Crippen LogP contribution in [0.15, 0.2) is 60.7 Å². The minimum Gasteiger partial charge on any atom is -0.462 e. The molecule has 2 rings (SSSR count). The number of hydrogen-bond donors (Lipinski definition) is 0. The van der Waals surface area contributed by atoms with Crippen LogP contribution in [0.1, 0.15) is 41.0 Å². The zero-order valence-corrected chi connectivity index (χ0v) is 21.7. The summed E-state index contributed by atoms with van der Waals surface area (Å²) < 4.78 is 11.7. The summed E-state index contributed by atoms with van der Waals surface area (Å²) in [4.78, 5) is 24.8. The topological polar surface area (TPSA) is 52.6 Å². The molecule has 31 heavy (non-hydrogen) atoms. The van der Waals surface area contributed by atoms with Crippen LogP contribution in [0.4, 0.5) is 0 Å². The minimum atomic E-state index is -0.329. The molecule has 2 aromatic rings. The molecule has 0 unspecified atom stereocenters. The summed E-state index contributed by atoms with van der Waals surface area (Å²) >= 11 is 6.14. The molecule has 0 amide bonds. The van der Waals surface area contributed by atoms with Crippen LogP contribution in [-0.4, -0.2) is 45.2 Å². The molecular weight excluding hydrogens is 543 g/mol. The summed E-state index contributed by atoms with van der Waals surface area (Å²) in [5, 5.41) is 0. The molecule has 7 heteroatoms. The predicted octanol–water partition coefficient (Wildman–Crippen LogP) is 6.34. The molecule has 0 radical (unpaired) electrons. The summed E-state index contributed by atoms with van der Waals surface area (Å²) in [5.41, 5.74) is 1.09. The summed E-state index contributed by atoms with van der Waals surface area (Å²) in [6, 6.07) is 18.0. The lowest BCUT2D eigenvalue weighted by atomic mass is 10.0. The van der Waals surface area contributed by atoms with E-state index < -0.39 is 0 Å². The molecule has 0 saturated carbocycles. The zero-order valence-electron chi connectivity index (χ0n) is 17.9. The number of hydrogen-bond acceptors (Lipinski definition) is 6. The molecule has 0 aliphatic heterocycles. The second kappa shape index (κ2) is 14.8. The highest BCUT2D eigenvalue weighted by molar-refractivity contribution is 14.1. The molecule has 0 saturated heterocycles. The van der Waals surface area contributed by atoms with Gasteiger partial charge in [-0.15, -0.1) is 23.5 Å². The Morgan fingerprint density at radius 3 is 1.71 bits per heavy atom. The van der Waals surface area contributed by atoms with Gasteiger partial charge >= 0.3 is 11.9 Å². The van der Waals surface area contributed by atoms with Crippen molar-refractivity contribution < 1.29 is 19.1 Å². The van der Waals surface area contributed by atoms with Crippen LogP contribution in [0.2, 0.25) is 0 Å². The van der Waals surface area contributed by atoms with Gasteiger partial charge in [0.05, 0.1) is 26.2 Å². The molecule has 0 fully saturated rings. The number of benzene rings is 2. The monoisotopic (exact) mass is 572 g/mol. The lowest BCUT2D eigenvalue weighted by Crippen LogP contribution is -2.29. The number of halogens is 1. The Morgan fingerprint density at radius 1 is 0.806 bits per heavy atom. The fourth-order valence-electron chi connectivity index (χ4n) is 2.91. The van der Waals surface area contributed by atoms with Gasteiger partial charge in [-0.2, -0.15) is 0 Å². The molecule has 4 nitrogen and oxygen atoms in total. The average Bonchev–Trinajstić information content (AvgIpc) is 2.81. The number of carbonyl (C=O) groups is 2. The fourth-order valence-corrected chi connectivity index (χ4v) is 6.31. The molecule has 0 N–H and O–H groups in total. The van der Waals surface area contributed by atoms with Crippen LogP contribution in [0.3, 0.4) is 0 Å². The number of thioether (sulfide) groups is 2. The quantitative estimate of drug-likeness (QED) is 0.121. The second-order valence-electron chi connectivity index (χ2n) is 6.78. The molecule has 0 heterocycles. The summed E-state index contributed by atoms with van der Waals surface area (Å²) in [6.07, 6.45) is 0.885. The highest BCUT2D eigenvalue weighted by Gasteiger charge is 2.26. The third-order valence-corrected chi connectivity index (χ3v) is 8.52. The van der Waals surface area contributed by atoms with Crippen molar-refractivity contribution in [2.24, 2.45) is 5.92 Å². The van der Waals surface area contributed by atoms with Crippen LogP contribution in [-0.2, 0) is 9.47 Å². The normalized spacial score (nSPS) is 12.9. The summed E-state index contributed by atoms with van der Waals surface area (Å²) in [5.74, 6) is 1.50. The van der Waals surface area contributed by atoms with Crippen molar-refractivity contribution in [2.45, 2.75) is 28.8 Å². The number of rotatable bonds is 13. The van der Waals surface area contributed by atoms with Crippen molar-refractivity contribution in [3.8, 4) is 0 Å². The van der Waals surface area contributed by atoms with Crippen molar-refractivity contribution in [2.75, 3.05) is 24.7 Å². The Morgan fingerprint density at radius 2 is 1.26 bits per heavy atom. The molecule has 0 aliphatic rings. The maximum absolute atomic E-state index is 12.4. The van der Waals surface area contributed by atoms with Crippen molar-refractivity contribution in [3.05, 3.63) is 71.8 Å². The standard InChI is InChI=1S/C24H29IO4S2/c1-3-30-22(31-4-2)15-20(16-28-23(26)18-11-7-5-8-12-18)21(25)17-29-24(27)19-13-9-6-10-14-19/h5-14,20-22H,3-4,15-17H2,1-2H3/t20-,21-/m1/s1. The number of esters is 2. The maximum atomic E-state index is 12.4. The first kappa shape index (κ1) is 26.1. The first-order chi connectivity index (χ1) is 15.0. The van der Waals surface area contributed by atoms with Crippen LogP contribution < -0.4 is 0 Å². The molecular formula is C24H29IO4S2. The number of carbonyl (C=O) groups excluding carboxylic acids is 2. The van der Waals surface area contributed by atoms with E-state index in [2.05, 4.69) is 36.4 Å². The maximum Gasteiger partial charge on any atom is 0.338 e. The van der Waals surface area contributed by atoms with E-state index in [1.807, 2.05) is 59.9 Å². The largest absolute Gasteiger partial charge is 0.462 e. The smallest absolute Gasteiger partial charge is 0.338 e. The van der Waals surface area contributed by atoms with E-state index in [4.69, 9.17) is 9.47 Å². The van der Waals surface area contributed by atoms with Gasteiger partial charge in [0.2, 0.25) is 0 Å². The Kier molecular flexibility index (Phi) is 12.4. The molecule has 0 spiro atoms. The van der Waals surface area contributed by atoms with Gasteiger partial charge < -0.3 is 9.47 Å². The SMILES string of the molecule is CCSC(C[C@H](COC(=O)c1ccccc1)[C@H](I)COC(=O)c1ccccc1)SCC. The van der Waals surface area contributed by atoms with Gasteiger partial charge in [-0.05, 0) is 42.2 Å². The highest BCUT2D eigenvalue weighted by atomic mass is 127. The van der Waals surface area contributed by atoms with Crippen LogP contribution in [0.5, 0.6) is 0 Å². The van der Waals surface area contributed by atoms with Gasteiger partial charge in [0, 0.05) is 5.92 Å². The van der Waals surface area contributed by atoms with Crippen molar-refractivity contribution >= 4 is 58.1 Å². The van der Waals surface area contributed by atoms with E-state index in [-0.39, 0.29) is 28.4 Å². The van der Waals surface area contributed by atoms with E-state index in [1.165, 1.54) is 0 Å². The number of ether oxygens (including phenoxy) is 2. The van der Waals surface area contributed by atoms with E-state index in [1.54, 1.807) is 24.3 Å². The van der Waals surface area contributed by atoms with Gasteiger partial charge in [-0.1, -0.05) is 72.8 Å². The minimum absolute atomic E-state index is 0.0336. The lowest BCUT2D eigenvalue weighted by Gasteiger charge is -2.26. The first-order valence-corrected chi connectivity index (χ1v) is 13.7. The Labute approximate surface area is 207 Å². The van der Waals surface area contributed by atoms with E-state index >= 15 is 0 Å². The predicted molar refractivity (Wildman–Crippen MR) is 139 cm³/mol. The van der Waals surface area contributed by atoms with E-state index in [0.717, 1.165) is 17.9 Å². The zero-order chi connectivity index (χ0) is 22.5. The Bertz CT molecular complexity index is 783. The molecule has 0 aliphatic carbocycles. The molecule has 2 atom stereocenters. The molecule has 0 aromatic heterocycles. The summed E-state index contributed by atoms with van der Waals surface area (Å²) in [7, 11) is 0. The van der Waals surface area contributed by atoms with Crippen molar-refractivity contribution in [1.82, 2.24) is 0 Å². The second-order valence-corrected chi connectivity index (χ2v) is 11.6. The summed E-state index contributed by atoms with van der Waals surface area (Å²) in [6.45, 7) is 4.89. The van der Waals surface area contributed by atoms with E-state index in [9.17, 15) is 9.59 Å². The van der Waals surface area contributed by atoms with Gasteiger partial charge in [0.1, 0.15) is 6.61 Å². The lowest BCUT2D eigenvalue weighted by molar-refractivity contribution is 0.0369. The van der Waals surface area contributed by atoms with Gasteiger partial charge in [-0.25, -0.2) is 9.59 Å². The fraction of sp³-hybridized carbons (Fsp3) is 0.417. The van der Waals surface area contributed by atoms with Gasteiger partial charge in [0.15, 0.2) is 0 Å². The van der Waals surface area contributed by atoms with E-state index in [0.29, 0.717) is 22.3 Å². The third-order valence-electron chi connectivity index (χ3n) is 4.53. The van der Waals surface area contributed by atoms with Crippen LogP contribution in [0, 0.1) is 5.92 Å². The van der Waals surface area contributed by atoms with Gasteiger partial charge in [-0.3, -0.25) is 0 Å². The highest BCUT2D eigenvalue weighted by Crippen LogP contribution is 2.33. The number of alkyl halides is 1. The first-order valence-electron chi connectivity index (χ1n) is 10.4. The van der Waals surface area contributed by atoms with Crippen molar-refractivity contribution in [1.29, 1.82) is 0 Å². The van der Waals surface area contributed by atoms with Gasteiger partial charge in [0.25, 0.3) is 0 Å². The third kappa shape index (κ3) is 9.45. The molecule has 2 aromatic carbocycles. The molecule has 0 bridgehead atoms.